The minimum absolute atomic E-state index is 0.850. The Morgan fingerprint density at radius 1 is 1.29 bits per heavy atom. The second-order valence-electron chi connectivity index (χ2n) is 4.37. The summed E-state index contributed by atoms with van der Waals surface area (Å²) in [5, 5.41) is 2.18. The molecule has 0 amide bonds. The topological polar surface area (TPSA) is 42.2 Å². The highest BCUT2D eigenvalue weighted by molar-refractivity contribution is 5.98. The Bertz CT molecular complexity index is 508. The number of nitrogens with zero attached hydrogens (tertiary/aromatic N) is 2. The van der Waals surface area contributed by atoms with Gasteiger partial charge in [0.2, 0.25) is 0 Å². The summed E-state index contributed by atoms with van der Waals surface area (Å²) in [6, 6.07) is 6.13. The normalized spacial score (nSPS) is 10.7. The van der Waals surface area contributed by atoms with E-state index < -0.39 is 0 Å². The van der Waals surface area contributed by atoms with Crippen molar-refractivity contribution in [3.05, 3.63) is 30.6 Å². The lowest BCUT2D eigenvalue weighted by Crippen LogP contribution is -2.19. The molecule has 0 bridgehead atoms. The van der Waals surface area contributed by atoms with Crippen molar-refractivity contribution in [3.8, 4) is 0 Å². The first kappa shape index (κ1) is 11.7. The molecule has 0 aliphatic heterocycles. The van der Waals surface area contributed by atoms with Crippen LogP contribution in [0.3, 0.4) is 0 Å². The molecule has 17 heavy (non-hydrogen) atoms. The van der Waals surface area contributed by atoms with Crippen LogP contribution >= 0.6 is 0 Å². The maximum absolute atomic E-state index is 6.22. The molecule has 2 aromatic rings. The van der Waals surface area contributed by atoms with Gasteiger partial charge in [-0.3, -0.25) is 4.98 Å². The fourth-order valence-corrected chi connectivity index (χ4v) is 2.03. The van der Waals surface area contributed by atoms with Crippen LogP contribution < -0.4 is 10.6 Å². The number of nitrogens with two attached hydrogens (primary N) is 1. The number of hydrogen-bond donors (Lipinski definition) is 1. The van der Waals surface area contributed by atoms with Crippen molar-refractivity contribution in [1.29, 1.82) is 0 Å². The van der Waals surface area contributed by atoms with Gasteiger partial charge in [0.15, 0.2) is 0 Å². The highest BCUT2D eigenvalue weighted by Gasteiger charge is 2.07. The van der Waals surface area contributed by atoms with Crippen LogP contribution in [0.1, 0.15) is 19.8 Å². The molecule has 0 unspecified atom stereocenters. The lowest BCUT2D eigenvalue weighted by atomic mass is 10.1. The number of unbranched alkanes of at least 4 members (excludes halogenated alkanes) is 1. The molecule has 0 aliphatic carbocycles. The Balaban J connectivity index is 2.38. The van der Waals surface area contributed by atoms with Crippen LogP contribution in [0.25, 0.3) is 10.8 Å². The highest BCUT2D eigenvalue weighted by Crippen LogP contribution is 2.30. The van der Waals surface area contributed by atoms with E-state index in [9.17, 15) is 0 Å². The summed E-state index contributed by atoms with van der Waals surface area (Å²) in [7, 11) is 2.09. The number of benzene rings is 1. The Morgan fingerprint density at radius 3 is 2.88 bits per heavy atom. The van der Waals surface area contributed by atoms with Crippen LogP contribution in [0.2, 0.25) is 0 Å². The standard InChI is InChI=1S/C14H19N3/c1-3-4-9-17(2)13-6-5-11-10-16-8-7-12(11)14(13)15/h5-8,10H,3-4,9,15H2,1-2H3. The number of nitrogen functional groups attached to an aromatic ring is 1. The molecule has 2 rings (SSSR count). The van der Waals surface area contributed by atoms with Crippen LogP contribution in [-0.4, -0.2) is 18.6 Å². The van der Waals surface area contributed by atoms with Gasteiger partial charge in [-0.15, -0.1) is 0 Å². The Kier molecular flexibility index (Phi) is 3.47. The Morgan fingerprint density at radius 2 is 2.12 bits per heavy atom. The van der Waals surface area contributed by atoms with Gasteiger partial charge in [0.25, 0.3) is 0 Å². The van der Waals surface area contributed by atoms with E-state index in [1.807, 2.05) is 12.3 Å². The number of rotatable bonds is 4. The molecule has 0 fully saturated rings. The first-order chi connectivity index (χ1) is 8.24. The zero-order valence-electron chi connectivity index (χ0n) is 10.5. The van der Waals surface area contributed by atoms with Crippen molar-refractivity contribution in [3.63, 3.8) is 0 Å². The Hall–Kier alpha value is -1.77. The van der Waals surface area contributed by atoms with Gasteiger partial charge in [-0.05, 0) is 18.6 Å². The molecular formula is C14H19N3. The highest BCUT2D eigenvalue weighted by atomic mass is 15.1. The summed E-state index contributed by atoms with van der Waals surface area (Å²) in [5.74, 6) is 0. The Labute approximate surface area is 102 Å². The van der Waals surface area contributed by atoms with Crippen molar-refractivity contribution in [2.24, 2.45) is 0 Å². The third kappa shape index (κ3) is 2.33. The second-order valence-corrected chi connectivity index (χ2v) is 4.37. The van der Waals surface area contributed by atoms with Crippen molar-refractivity contribution in [2.45, 2.75) is 19.8 Å². The molecule has 3 heteroatoms. The van der Waals surface area contributed by atoms with E-state index in [0.717, 1.165) is 28.7 Å². The lowest BCUT2D eigenvalue weighted by molar-refractivity contribution is 0.767. The van der Waals surface area contributed by atoms with E-state index in [4.69, 9.17) is 5.73 Å². The van der Waals surface area contributed by atoms with Gasteiger partial charge >= 0.3 is 0 Å². The summed E-state index contributed by atoms with van der Waals surface area (Å²) in [6.07, 6.45) is 6.02. The first-order valence-electron chi connectivity index (χ1n) is 6.07. The summed E-state index contributed by atoms with van der Waals surface area (Å²) in [4.78, 5) is 6.33. The van der Waals surface area contributed by atoms with Crippen LogP contribution in [0.15, 0.2) is 30.6 Å². The van der Waals surface area contributed by atoms with Gasteiger partial charge in [-0.25, -0.2) is 0 Å². The molecule has 0 aliphatic rings. The molecule has 0 atom stereocenters. The average Bonchev–Trinajstić information content (AvgIpc) is 2.37. The molecule has 1 aromatic heterocycles. The van der Waals surface area contributed by atoms with Crippen LogP contribution in [0.5, 0.6) is 0 Å². The number of anilines is 2. The van der Waals surface area contributed by atoms with E-state index in [-0.39, 0.29) is 0 Å². The maximum atomic E-state index is 6.22. The van der Waals surface area contributed by atoms with Gasteiger partial charge in [-0.1, -0.05) is 19.4 Å². The number of pyridine rings is 1. The summed E-state index contributed by atoms with van der Waals surface area (Å²) >= 11 is 0. The second kappa shape index (κ2) is 5.04. The van der Waals surface area contributed by atoms with Gasteiger partial charge in [-0.2, -0.15) is 0 Å². The van der Waals surface area contributed by atoms with E-state index in [1.165, 1.54) is 12.8 Å². The van der Waals surface area contributed by atoms with Crippen LogP contribution in [0, 0.1) is 0 Å². The lowest BCUT2D eigenvalue weighted by Gasteiger charge is -2.21. The maximum Gasteiger partial charge on any atom is 0.0632 e. The summed E-state index contributed by atoms with van der Waals surface area (Å²) < 4.78 is 0. The smallest absolute Gasteiger partial charge is 0.0632 e. The zero-order chi connectivity index (χ0) is 12.3. The molecule has 0 saturated heterocycles. The van der Waals surface area contributed by atoms with Gasteiger partial charge in [0.05, 0.1) is 11.4 Å². The quantitative estimate of drug-likeness (QED) is 0.819. The van der Waals surface area contributed by atoms with E-state index in [1.54, 1.807) is 6.20 Å². The van der Waals surface area contributed by atoms with Crippen molar-refractivity contribution in [2.75, 3.05) is 24.2 Å². The molecule has 0 saturated carbocycles. The minimum Gasteiger partial charge on any atom is -0.397 e. The molecular weight excluding hydrogens is 210 g/mol. The van der Waals surface area contributed by atoms with Gasteiger partial charge < -0.3 is 10.6 Å². The predicted octanol–water partition coefficient (Wildman–Crippen LogP) is 3.05. The minimum atomic E-state index is 0.850. The van der Waals surface area contributed by atoms with E-state index in [0.29, 0.717) is 0 Å². The average molecular weight is 229 g/mol. The van der Waals surface area contributed by atoms with Gasteiger partial charge in [0.1, 0.15) is 0 Å². The third-order valence-electron chi connectivity index (χ3n) is 3.10. The van der Waals surface area contributed by atoms with Crippen molar-refractivity contribution >= 4 is 22.1 Å². The van der Waals surface area contributed by atoms with E-state index >= 15 is 0 Å². The molecule has 0 spiro atoms. The third-order valence-corrected chi connectivity index (χ3v) is 3.10. The number of hydrogen-bond acceptors (Lipinski definition) is 3. The SMILES string of the molecule is CCCCN(C)c1ccc2cnccc2c1N. The molecule has 1 aromatic carbocycles. The molecule has 90 valence electrons. The molecule has 0 radical (unpaired) electrons. The monoisotopic (exact) mass is 229 g/mol. The summed E-state index contributed by atoms with van der Waals surface area (Å²) in [5.41, 5.74) is 8.18. The molecule has 1 heterocycles. The van der Waals surface area contributed by atoms with Crippen molar-refractivity contribution < 1.29 is 0 Å². The van der Waals surface area contributed by atoms with Gasteiger partial charge in [0, 0.05) is 36.8 Å². The van der Waals surface area contributed by atoms with Crippen molar-refractivity contribution in [1.82, 2.24) is 4.98 Å². The number of fused-ring (bicyclic) bond motifs is 1. The first-order valence-corrected chi connectivity index (χ1v) is 6.07. The largest absolute Gasteiger partial charge is 0.397 e. The molecule has 2 N–H and O–H groups in total. The zero-order valence-corrected chi connectivity index (χ0v) is 10.5. The fourth-order valence-electron chi connectivity index (χ4n) is 2.03. The fraction of sp³-hybridized carbons (Fsp3) is 0.357. The number of aromatic nitrogens is 1. The predicted molar refractivity (Wildman–Crippen MR) is 74.3 cm³/mol. The van der Waals surface area contributed by atoms with E-state index in [2.05, 4.69) is 36.0 Å². The molecule has 3 nitrogen and oxygen atoms in total. The van der Waals surface area contributed by atoms with Crippen LogP contribution in [0.4, 0.5) is 11.4 Å². The van der Waals surface area contributed by atoms with Crippen LogP contribution in [-0.2, 0) is 0 Å². The summed E-state index contributed by atoms with van der Waals surface area (Å²) in [6.45, 7) is 3.24.